The topological polar surface area (TPSA) is 3.24 Å². The summed E-state index contributed by atoms with van der Waals surface area (Å²) in [5, 5.41) is 0. The van der Waals surface area contributed by atoms with E-state index >= 15 is 0 Å². The monoisotopic (exact) mass is 137 g/mol. The van der Waals surface area contributed by atoms with E-state index in [-0.39, 0.29) is 0 Å². The number of allylic oxidation sites excluding steroid dienone is 2. The molecule has 0 bridgehead atoms. The van der Waals surface area contributed by atoms with Crippen molar-refractivity contribution in [1.29, 1.82) is 0 Å². The molecule has 0 aliphatic carbocycles. The molecular weight excluding hydrogens is 122 g/mol. The Morgan fingerprint density at radius 3 is 2.90 bits per heavy atom. The summed E-state index contributed by atoms with van der Waals surface area (Å²) in [6, 6.07) is 0. The minimum atomic E-state index is 1.09. The van der Waals surface area contributed by atoms with Gasteiger partial charge in [0.15, 0.2) is 0 Å². The van der Waals surface area contributed by atoms with Crippen molar-refractivity contribution in [3.05, 3.63) is 24.4 Å². The van der Waals surface area contributed by atoms with Gasteiger partial charge in [0, 0.05) is 13.1 Å². The quantitative estimate of drug-likeness (QED) is 0.576. The van der Waals surface area contributed by atoms with Crippen LogP contribution < -0.4 is 0 Å². The van der Waals surface area contributed by atoms with E-state index in [1.165, 1.54) is 19.4 Å². The van der Waals surface area contributed by atoms with E-state index in [0.29, 0.717) is 0 Å². The second-order valence-corrected chi connectivity index (χ2v) is 2.62. The molecule has 0 saturated carbocycles. The lowest BCUT2D eigenvalue weighted by Crippen LogP contribution is -2.19. The molecular formula is C9H15N. The third-order valence-corrected chi connectivity index (χ3v) is 1.68. The normalized spacial score (nSPS) is 16.3. The van der Waals surface area contributed by atoms with E-state index in [1.807, 2.05) is 0 Å². The Hall–Kier alpha value is -0.720. The molecule has 0 spiro atoms. The lowest BCUT2D eigenvalue weighted by Gasteiger charge is -2.19. The molecule has 0 radical (unpaired) electrons. The third-order valence-electron chi connectivity index (χ3n) is 1.68. The number of unbranched alkanes of at least 4 members (excludes halogenated alkanes) is 1. The highest BCUT2D eigenvalue weighted by atomic mass is 15.1. The van der Waals surface area contributed by atoms with E-state index in [4.69, 9.17) is 0 Å². The summed E-state index contributed by atoms with van der Waals surface area (Å²) in [6.07, 6.45) is 11.1. The van der Waals surface area contributed by atoms with Crippen molar-refractivity contribution in [2.75, 3.05) is 13.1 Å². The lowest BCUT2D eigenvalue weighted by molar-refractivity contribution is 0.401. The summed E-state index contributed by atoms with van der Waals surface area (Å²) in [4.78, 5) is 2.34. The molecule has 56 valence electrons. The van der Waals surface area contributed by atoms with Gasteiger partial charge in [0.1, 0.15) is 0 Å². The minimum Gasteiger partial charge on any atom is -0.374 e. The van der Waals surface area contributed by atoms with Crippen LogP contribution in [0.1, 0.15) is 19.8 Å². The fourth-order valence-electron chi connectivity index (χ4n) is 1.03. The Morgan fingerprint density at radius 1 is 1.40 bits per heavy atom. The summed E-state index contributed by atoms with van der Waals surface area (Å²) in [6.45, 7) is 4.53. The van der Waals surface area contributed by atoms with Crippen molar-refractivity contribution in [2.45, 2.75) is 19.8 Å². The zero-order valence-electron chi connectivity index (χ0n) is 6.59. The van der Waals surface area contributed by atoms with E-state index in [9.17, 15) is 0 Å². The number of rotatable bonds is 3. The standard InChI is InChI=1S/C9H15N/c1-2-3-7-10-8-5-4-6-9-10/h4-6,8H,2-3,7,9H2,1H3. The van der Waals surface area contributed by atoms with Crippen LogP contribution in [0.4, 0.5) is 0 Å². The van der Waals surface area contributed by atoms with Gasteiger partial charge in [-0.2, -0.15) is 0 Å². The van der Waals surface area contributed by atoms with Crippen molar-refractivity contribution in [3.63, 3.8) is 0 Å². The van der Waals surface area contributed by atoms with Crippen LogP contribution in [0.25, 0.3) is 0 Å². The summed E-state index contributed by atoms with van der Waals surface area (Å²) in [5.41, 5.74) is 0. The first-order valence-electron chi connectivity index (χ1n) is 4.01. The largest absolute Gasteiger partial charge is 0.374 e. The highest BCUT2D eigenvalue weighted by Crippen LogP contribution is 2.00. The van der Waals surface area contributed by atoms with Crippen molar-refractivity contribution in [3.8, 4) is 0 Å². The maximum absolute atomic E-state index is 2.34. The first kappa shape index (κ1) is 7.39. The predicted octanol–water partition coefficient (Wildman–Crippen LogP) is 2.17. The second kappa shape index (κ2) is 4.15. The van der Waals surface area contributed by atoms with Gasteiger partial charge in [-0.25, -0.2) is 0 Å². The highest BCUT2D eigenvalue weighted by molar-refractivity contribution is 5.08. The van der Waals surface area contributed by atoms with Crippen LogP contribution in [0.2, 0.25) is 0 Å². The van der Waals surface area contributed by atoms with Crippen LogP contribution in [0.3, 0.4) is 0 Å². The fraction of sp³-hybridized carbons (Fsp3) is 0.556. The molecule has 1 nitrogen and oxygen atoms in total. The van der Waals surface area contributed by atoms with Gasteiger partial charge in [-0.1, -0.05) is 25.5 Å². The average molecular weight is 137 g/mol. The van der Waals surface area contributed by atoms with Gasteiger partial charge >= 0.3 is 0 Å². The van der Waals surface area contributed by atoms with Gasteiger partial charge in [-0.05, 0) is 18.7 Å². The molecule has 0 aromatic heterocycles. The average Bonchev–Trinajstić information content (AvgIpc) is 2.03. The molecule has 0 aromatic carbocycles. The highest BCUT2D eigenvalue weighted by Gasteiger charge is 1.96. The Labute approximate surface area is 63.0 Å². The molecule has 0 atom stereocenters. The van der Waals surface area contributed by atoms with Gasteiger partial charge in [0.2, 0.25) is 0 Å². The van der Waals surface area contributed by atoms with Gasteiger partial charge < -0.3 is 4.90 Å². The van der Waals surface area contributed by atoms with Crippen LogP contribution in [0.15, 0.2) is 24.4 Å². The maximum atomic E-state index is 2.34. The molecule has 0 N–H and O–H groups in total. The zero-order chi connectivity index (χ0) is 7.23. The predicted molar refractivity (Wildman–Crippen MR) is 44.8 cm³/mol. The van der Waals surface area contributed by atoms with E-state index in [2.05, 4.69) is 36.3 Å². The van der Waals surface area contributed by atoms with Gasteiger partial charge in [-0.3, -0.25) is 0 Å². The van der Waals surface area contributed by atoms with Crippen LogP contribution in [0, 0.1) is 0 Å². The fourth-order valence-corrected chi connectivity index (χ4v) is 1.03. The SMILES string of the molecule is CCCCN1C=CC=CC1. The van der Waals surface area contributed by atoms with Crippen LogP contribution in [0.5, 0.6) is 0 Å². The molecule has 0 saturated heterocycles. The van der Waals surface area contributed by atoms with Crippen LogP contribution >= 0.6 is 0 Å². The van der Waals surface area contributed by atoms with Gasteiger partial charge in [-0.15, -0.1) is 0 Å². The van der Waals surface area contributed by atoms with Gasteiger partial charge in [0.25, 0.3) is 0 Å². The molecule has 0 aromatic rings. The van der Waals surface area contributed by atoms with Crippen molar-refractivity contribution < 1.29 is 0 Å². The Bertz CT molecular complexity index is 136. The Morgan fingerprint density at radius 2 is 2.30 bits per heavy atom. The van der Waals surface area contributed by atoms with Crippen LogP contribution in [-0.4, -0.2) is 18.0 Å². The molecule has 1 heterocycles. The molecule has 1 rings (SSSR count). The molecule has 0 unspecified atom stereocenters. The number of hydrogen-bond donors (Lipinski definition) is 0. The molecule has 0 amide bonds. The number of nitrogens with zero attached hydrogens (tertiary/aromatic N) is 1. The van der Waals surface area contributed by atoms with Crippen molar-refractivity contribution >= 4 is 0 Å². The van der Waals surface area contributed by atoms with Gasteiger partial charge in [0.05, 0.1) is 0 Å². The number of hydrogen-bond acceptors (Lipinski definition) is 1. The lowest BCUT2D eigenvalue weighted by atomic mass is 10.3. The third kappa shape index (κ3) is 2.26. The Kier molecular flexibility index (Phi) is 3.07. The zero-order valence-corrected chi connectivity index (χ0v) is 6.59. The second-order valence-electron chi connectivity index (χ2n) is 2.62. The molecule has 1 aliphatic rings. The molecule has 0 fully saturated rings. The van der Waals surface area contributed by atoms with Crippen molar-refractivity contribution in [2.24, 2.45) is 0 Å². The summed E-state index contributed by atoms with van der Waals surface area (Å²) >= 11 is 0. The van der Waals surface area contributed by atoms with E-state index < -0.39 is 0 Å². The molecule has 1 heteroatoms. The first-order chi connectivity index (χ1) is 4.93. The van der Waals surface area contributed by atoms with E-state index in [1.54, 1.807) is 0 Å². The first-order valence-corrected chi connectivity index (χ1v) is 4.01. The summed E-state index contributed by atoms with van der Waals surface area (Å²) < 4.78 is 0. The minimum absolute atomic E-state index is 1.09. The molecule has 1 aliphatic heterocycles. The van der Waals surface area contributed by atoms with Crippen molar-refractivity contribution in [1.82, 2.24) is 4.90 Å². The Balaban J connectivity index is 2.17. The van der Waals surface area contributed by atoms with Crippen LogP contribution in [-0.2, 0) is 0 Å². The summed E-state index contributed by atoms with van der Waals surface area (Å²) in [7, 11) is 0. The smallest absolute Gasteiger partial charge is 0.0357 e. The molecule has 10 heavy (non-hydrogen) atoms. The summed E-state index contributed by atoms with van der Waals surface area (Å²) in [5.74, 6) is 0. The van der Waals surface area contributed by atoms with E-state index in [0.717, 1.165) is 6.54 Å². The maximum Gasteiger partial charge on any atom is 0.0357 e.